The molecule has 1 amide bonds. The summed E-state index contributed by atoms with van der Waals surface area (Å²) in [6.45, 7) is 4.93. The predicted octanol–water partition coefficient (Wildman–Crippen LogP) is 21.4. The Morgan fingerprint density at radius 2 is 0.635 bits per heavy atom. The number of carbonyl (C=O) groups excluding carboxylic acids is 2. The summed E-state index contributed by atoms with van der Waals surface area (Å²) in [5.41, 5.74) is 0. The molecule has 0 bridgehead atoms. The minimum absolute atomic E-state index is 0.00834. The molecule has 0 saturated heterocycles. The van der Waals surface area contributed by atoms with Crippen molar-refractivity contribution >= 4 is 11.9 Å². The van der Waals surface area contributed by atoms with Gasteiger partial charge in [-0.1, -0.05) is 327 Å². The lowest BCUT2D eigenvalue weighted by Crippen LogP contribution is -2.45. The molecule has 74 heavy (non-hydrogen) atoms. The fraction of sp³-hybridized carbons (Fsp3) is 0.912. The van der Waals surface area contributed by atoms with Crippen molar-refractivity contribution in [3.63, 3.8) is 0 Å². The van der Waals surface area contributed by atoms with Gasteiger partial charge in [0.2, 0.25) is 5.91 Å². The van der Waals surface area contributed by atoms with Crippen LogP contribution in [-0.2, 0) is 14.3 Å². The van der Waals surface area contributed by atoms with E-state index < -0.39 is 12.1 Å². The molecule has 0 rings (SSSR count). The highest BCUT2D eigenvalue weighted by molar-refractivity contribution is 5.76. The topological polar surface area (TPSA) is 95.9 Å². The minimum atomic E-state index is -0.851. The predicted molar refractivity (Wildman–Crippen MR) is 324 cm³/mol. The van der Waals surface area contributed by atoms with Gasteiger partial charge in [-0.15, -0.1) is 0 Å². The Bertz CT molecular complexity index is 1150. The first-order chi connectivity index (χ1) is 36.5. The summed E-state index contributed by atoms with van der Waals surface area (Å²) < 4.78 is 5.50. The van der Waals surface area contributed by atoms with Crippen LogP contribution in [0.25, 0.3) is 0 Å². The standard InChI is InChI=1S/C68H131NO5/c1-3-5-7-9-11-13-15-17-19-21-23-25-28-32-36-40-44-48-52-56-60-66(71)65(64-70)69-67(72)61-57-53-49-45-41-37-33-29-26-24-27-31-35-39-43-47-51-55-59-63-74-68(73)62-58-54-50-46-42-38-34-30-22-20-18-16-14-12-10-8-6-4-2/h24,26,56,60,65-66,70-71H,3-23,25,27-55,57-59,61-64H2,1-2H3,(H,69,72)/b26-24-,60-56+. The number of allylic oxidation sites excluding steroid dienone is 3. The zero-order valence-electron chi connectivity index (χ0n) is 50.1. The zero-order valence-corrected chi connectivity index (χ0v) is 50.1. The molecule has 0 fully saturated rings. The first kappa shape index (κ1) is 72.3. The van der Waals surface area contributed by atoms with Crippen LogP contribution < -0.4 is 5.32 Å². The average molecular weight is 1040 g/mol. The molecule has 2 unspecified atom stereocenters. The van der Waals surface area contributed by atoms with Crippen LogP contribution in [0.5, 0.6) is 0 Å². The Balaban J connectivity index is 3.44. The van der Waals surface area contributed by atoms with E-state index in [0.717, 1.165) is 44.9 Å². The monoisotopic (exact) mass is 1040 g/mol. The van der Waals surface area contributed by atoms with Crippen molar-refractivity contribution in [2.75, 3.05) is 13.2 Å². The van der Waals surface area contributed by atoms with Crippen molar-refractivity contribution in [2.45, 2.75) is 386 Å². The number of amides is 1. The number of nitrogens with one attached hydrogen (secondary N) is 1. The van der Waals surface area contributed by atoms with E-state index in [2.05, 4.69) is 31.3 Å². The second kappa shape index (κ2) is 63.9. The molecule has 2 atom stereocenters. The summed E-state index contributed by atoms with van der Waals surface area (Å²) in [5.74, 6) is -0.0658. The molecule has 6 nitrogen and oxygen atoms in total. The van der Waals surface area contributed by atoms with Gasteiger partial charge in [-0.05, 0) is 57.8 Å². The minimum Gasteiger partial charge on any atom is -0.466 e. The normalized spacial score (nSPS) is 12.6. The van der Waals surface area contributed by atoms with Crippen LogP contribution in [0, 0.1) is 0 Å². The third kappa shape index (κ3) is 59.6. The van der Waals surface area contributed by atoms with Crippen LogP contribution in [0.15, 0.2) is 24.3 Å². The van der Waals surface area contributed by atoms with Crippen molar-refractivity contribution in [1.82, 2.24) is 5.32 Å². The lowest BCUT2D eigenvalue weighted by molar-refractivity contribution is -0.143. The molecule has 0 aliphatic heterocycles. The molecule has 0 heterocycles. The van der Waals surface area contributed by atoms with E-state index >= 15 is 0 Å². The number of rotatable bonds is 63. The van der Waals surface area contributed by atoms with Crippen molar-refractivity contribution in [2.24, 2.45) is 0 Å². The van der Waals surface area contributed by atoms with Gasteiger partial charge in [-0.2, -0.15) is 0 Å². The largest absolute Gasteiger partial charge is 0.466 e. The van der Waals surface area contributed by atoms with E-state index in [4.69, 9.17) is 4.74 Å². The van der Waals surface area contributed by atoms with Crippen LogP contribution in [0.3, 0.4) is 0 Å². The summed E-state index contributed by atoms with van der Waals surface area (Å²) in [7, 11) is 0. The van der Waals surface area contributed by atoms with Gasteiger partial charge in [-0.3, -0.25) is 9.59 Å². The van der Waals surface area contributed by atoms with E-state index in [-0.39, 0.29) is 18.5 Å². The van der Waals surface area contributed by atoms with Crippen LogP contribution >= 0.6 is 0 Å². The highest BCUT2D eigenvalue weighted by Gasteiger charge is 2.18. The number of esters is 1. The maximum atomic E-state index is 12.5. The van der Waals surface area contributed by atoms with Crippen molar-refractivity contribution in [3.8, 4) is 0 Å². The summed E-state index contributed by atoms with van der Waals surface area (Å²) in [6.07, 6.45) is 79.5. The zero-order chi connectivity index (χ0) is 53.6. The van der Waals surface area contributed by atoms with Crippen molar-refractivity contribution in [3.05, 3.63) is 24.3 Å². The van der Waals surface area contributed by atoms with Gasteiger partial charge in [0.05, 0.1) is 25.4 Å². The number of carbonyl (C=O) groups is 2. The van der Waals surface area contributed by atoms with Gasteiger partial charge in [0.1, 0.15) is 0 Å². The maximum absolute atomic E-state index is 12.5. The SMILES string of the molecule is CCCCCCCCCCCCCCCCCCCC/C=C/C(O)C(CO)NC(=O)CCCCCCCCC/C=C\CCCCCCCCCCOC(=O)CCCCCCCCCCCCCCCCCCCC. The first-order valence-electron chi connectivity index (χ1n) is 33.6. The van der Waals surface area contributed by atoms with Gasteiger partial charge in [0.25, 0.3) is 0 Å². The number of unbranched alkanes of at least 4 members (excludes halogenated alkanes) is 50. The van der Waals surface area contributed by atoms with Gasteiger partial charge in [0, 0.05) is 12.8 Å². The lowest BCUT2D eigenvalue weighted by atomic mass is 10.0. The van der Waals surface area contributed by atoms with Crippen LogP contribution in [0.2, 0.25) is 0 Å². The number of aliphatic hydroxyl groups is 2. The summed E-state index contributed by atoms with van der Waals surface area (Å²) in [5, 5.41) is 23.2. The fourth-order valence-electron chi connectivity index (χ4n) is 10.6. The smallest absolute Gasteiger partial charge is 0.305 e. The first-order valence-corrected chi connectivity index (χ1v) is 33.6. The Hall–Kier alpha value is -1.66. The molecule has 0 radical (unpaired) electrons. The summed E-state index contributed by atoms with van der Waals surface area (Å²) in [4.78, 5) is 24.6. The van der Waals surface area contributed by atoms with Crippen LogP contribution in [0.4, 0.5) is 0 Å². The molecule has 0 spiro atoms. The molecule has 0 aliphatic rings. The Morgan fingerprint density at radius 1 is 0.365 bits per heavy atom. The second-order valence-corrected chi connectivity index (χ2v) is 23.2. The summed E-state index contributed by atoms with van der Waals surface area (Å²) in [6, 6.07) is -0.636. The Morgan fingerprint density at radius 3 is 0.959 bits per heavy atom. The second-order valence-electron chi connectivity index (χ2n) is 23.2. The third-order valence-electron chi connectivity index (χ3n) is 15.7. The molecule has 0 aromatic rings. The van der Waals surface area contributed by atoms with E-state index in [1.807, 2.05) is 6.08 Å². The Kier molecular flexibility index (Phi) is 62.4. The molecule has 3 N–H and O–H groups in total. The highest BCUT2D eigenvalue weighted by atomic mass is 16.5. The van der Waals surface area contributed by atoms with Crippen LogP contribution in [0.1, 0.15) is 373 Å². The maximum Gasteiger partial charge on any atom is 0.305 e. The van der Waals surface area contributed by atoms with Crippen LogP contribution in [-0.4, -0.2) is 47.4 Å². The van der Waals surface area contributed by atoms with Gasteiger partial charge in [-0.25, -0.2) is 0 Å². The quantitative estimate of drug-likeness (QED) is 0.0320. The summed E-state index contributed by atoms with van der Waals surface area (Å²) >= 11 is 0. The molecular weight excluding hydrogens is 911 g/mol. The molecule has 0 aliphatic carbocycles. The van der Waals surface area contributed by atoms with E-state index in [1.165, 1.54) is 302 Å². The molecule has 438 valence electrons. The molecule has 0 aromatic heterocycles. The number of hydrogen-bond donors (Lipinski definition) is 3. The average Bonchev–Trinajstić information content (AvgIpc) is 3.40. The molecular formula is C68H131NO5. The van der Waals surface area contributed by atoms with Crippen molar-refractivity contribution < 1.29 is 24.5 Å². The fourth-order valence-corrected chi connectivity index (χ4v) is 10.6. The Labute approximate surface area is 462 Å². The third-order valence-corrected chi connectivity index (χ3v) is 15.7. The van der Waals surface area contributed by atoms with E-state index in [0.29, 0.717) is 19.4 Å². The number of hydrogen-bond acceptors (Lipinski definition) is 5. The lowest BCUT2D eigenvalue weighted by Gasteiger charge is -2.20. The number of ether oxygens (including phenoxy) is 1. The number of aliphatic hydroxyl groups excluding tert-OH is 2. The van der Waals surface area contributed by atoms with E-state index in [9.17, 15) is 19.8 Å². The highest BCUT2D eigenvalue weighted by Crippen LogP contribution is 2.18. The molecule has 6 heteroatoms. The van der Waals surface area contributed by atoms with Gasteiger partial charge in [0.15, 0.2) is 0 Å². The van der Waals surface area contributed by atoms with Gasteiger partial charge >= 0.3 is 5.97 Å². The van der Waals surface area contributed by atoms with E-state index in [1.54, 1.807) is 6.08 Å². The van der Waals surface area contributed by atoms with Gasteiger partial charge < -0.3 is 20.3 Å². The van der Waals surface area contributed by atoms with Crippen molar-refractivity contribution in [1.29, 1.82) is 0 Å². The molecule has 0 saturated carbocycles. The molecule has 0 aromatic carbocycles.